The lowest BCUT2D eigenvalue weighted by atomic mass is 10.2. The molecule has 6 heteroatoms. The molecule has 0 saturated heterocycles. The number of hydrogen-bond acceptors (Lipinski definition) is 5. The first-order valence-corrected chi connectivity index (χ1v) is 6.62. The molecule has 2 aromatic rings. The van der Waals surface area contributed by atoms with E-state index in [0.29, 0.717) is 18.5 Å². The zero-order valence-corrected chi connectivity index (χ0v) is 11.7. The first kappa shape index (κ1) is 13.8. The first-order valence-electron chi connectivity index (χ1n) is 6.24. The molecule has 1 unspecified atom stereocenters. The molecule has 2 N–H and O–H groups in total. The van der Waals surface area contributed by atoms with Crippen LogP contribution < -0.4 is 10.6 Å². The van der Waals surface area contributed by atoms with Crippen molar-refractivity contribution >= 4 is 17.6 Å². The number of nitrogens with one attached hydrogen (secondary N) is 2. The molecule has 5 nitrogen and oxygen atoms in total. The molecule has 1 atom stereocenters. The van der Waals surface area contributed by atoms with Crippen LogP contribution in [-0.4, -0.2) is 16.7 Å². The van der Waals surface area contributed by atoms with Gasteiger partial charge in [-0.2, -0.15) is 0 Å². The standard InChI is InChI=1S/C13H17ClN4O/c1-3-15-9(2)12-17-18-13(19-12)16-8-10-6-4-5-7-11(10)14/h4-7,9,15H,3,8H2,1-2H3,(H,16,18). The van der Waals surface area contributed by atoms with Gasteiger partial charge in [0, 0.05) is 11.6 Å². The van der Waals surface area contributed by atoms with Gasteiger partial charge in [-0.1, -0.05) is 41.8 Å². The minimum atomic E-state index is 0.0494. The summed E-state index contributed by atoms with van der Waals surface area (Å²) in [6.07, 6.45) is 0. The molecule has 0 radical (unpaired) electrons. The maximum atomic E-state index is 6.07. The van der Waals surface area contributed by atoms with E-state index in [4.69, 9.17) is 16.0 Å². The minimum Gasteiger partial charge on any atom is -0.406 e. The molecule has 1 aromatic heterocycles. The first-order chi connectivity index (χ1) is 9.20. The van der Waals surface area contributed by atoms with Crippen molar-refractivity contribution in [3.8, 4) is 0 Å². The number of rotatable bonds is 6. The topological polar surface area (TPSA) is 63.0 Å². The second kappa shape index (κ2) is 6.54. The lowest BCUT2D eigenvalue weighted by Crippen LogP contribution is -2.17. The van der Waals surface area contributed by atoms with E-state index in [1.165, 1.54) is 0 Å². The van der Waals surface area contributed by atoms with Gasteiger partial charge in [0.05, 0.1) is 6.04 Å². The highest BCUT2D eigenvalue weighted by atomic mass is 35.5. The Labute approximate surface area is 117 Å². The van der Waals surface area contributed by atoms with Gasteiger partial charge in [-0.3, -0.25) is 0 Å². The molecule has 2 rings (SSSR count). The van der Waals surface area contributed by atoms with Gasteiger partial charge >= 0.3 is 6.01 Å². The van der Waals surface area contributed by atoms with Gasteiger partial charge < -0.3 is 15.1 Å². The van der Waals surface area contributed by atoms with Crippen LogP contribution in [-0.2, 0) is 6.54 Å². The van der Waals surface area contributed by atoms with E-state index in [2.05, 4.69) is 20.8 Å². The van der Waals surface area contributed by atoms with Crippen molar-refractivity contribution in [3.63, 3.8) is 0 Å². The van der Waals surface area contributed by atoms with E-state index in [1.54, 1.807) is 0 Å². The molecule has 0 aliphatic rings. The van der Waals surface area contributed by atoms with Crippen LogP contribution in [0, 0.1) is 0 Å². The van der Waals surface area contributed by atoms with Crippen molar-refractivity contribution in [3.05, 3.63) is 40.7 Å². The minimum absolute atomic E-state index is 0.0494. The number of benzene rings is 1. The zero-order chi connectivity index (χ0) is 13.7. The van der Waals surface area contributed by atoms with E-state index >= 15 is 0 Å². The average molecular weight is 281 g/mol. The molecule has 0 bridgehead atoms. The molecule has 0 spiro atoms. The summed E-state index contributed by atoms with van der Waals surface area (Å²) < 4.78 is 5.52. The third-order valence-electron chi connectivity index (χ3n) is 2.71. The molecule has 102 valence electrons. The number of aromatic nitrogens is 2. The molecule has 19 heavy (non-hydrogen) atoms. The van der Waals surface area contributed by atoms with Crippen molar-refractivity contribution in [2.45, 2.75) is 26.4 Å². The third kappa shape index (κ3) is 3.68. The lowest BCUT2D eigenvalue weighted by Gasteiger charge is -2.06. The summed E-state index contributed by atoms with van der Waals surface area (Å²) in [5.74, 6) is 0.573. The molecule has 0 amide bonds. The predicted molar refractivity (Wildman–Crippen MR) is 75.2 cm³/mol. The Bertz CT molecular complexity index is 529. The van der Waals surface area contributed by atoms with Gasteiger partial charge in [0.1, 0.15) is 0 Å². The monoisotopic (exact) mass is 280 g/mol. The third-order valence-corrected chi connectivity index (χ3v) is 3.08. The second-order valence-electron chi connectivity index (χ2n) is 4.17. The van der Waals surface area contributed by atoms with Gasteiger partial charge in [-0.25, -0.2) is 0 Å². The molecule has 0 fully saturated rings. The van der Waals surface area contributed by atoms with Gasteiger partial charge in [0.25, 0.3) is 0 Å². The fourth-order valence-corrected chi connectivity index (χ4v) is 1.89. The molecular formula is C13H17ClN4O. The summed E-state index contributed by atoms with van der Waals surface area (Å²) in [5.41, 5.74) is 0.989. The molecule has 1 heterocycles. The Morgan fingerprint density at radius 2 is 2.11 bits per heavy atom. The highest BCUT2D eigenvalue weighted by Gasteiger charge is 2.12. The summed E-state index contributed by atoms with van der Waals surface area (Å²) >= 11 is 6.07. The Morgan fingerprint density at radius 3 is 2.84 bits per heavy atom. The van der Waals surface area contributed by atoms with Crippen LogP contribution in [0.2, 0.25) is 5.02 Å². The molecule has 0 aliphatic carbocycles. The largest absolute Gasteiger partial charge is 0.406 e. The van der Waals surface area contributed by atoms with Crippen LogP contribution >= 0.6 is 11.6 Å². The maximum absolute atomic E-state index is 6.07. The Hall–Kier alpha value is -1.59. The van der Waals surface area contributed by atoms with Crippen LogP contribution in [0.25, 0.3) is 0 Å². The highest BCUT2D eigenvalue weighted by Crippen LogP contribution is 2.18. The normalized spacial score (nSPS) is 12.4. The van der Waals surface area contributed by atoms with E-state index < -0.39 is 0 Å². The van der Waals surface area contributed by atoms with Crippen LogP contribution in [0.15, 0.2) is 28.7 Å². The van der Waals surface area contributed by atoms with E-state index in [-0.39, 0.29) is 6.04 Å². The van der Waals surface area contributed by atoms with E-state index in [0.717, 1.165) is 17.1 Å². The quantitative estimate of drug-likeness (QED) is 0.852. The summed E-state index contributed by atoms with van der Waals surface area (Å²) in [7, 11) is 0. The van der Waals surface area contributed by atoms with Gasteiger partial charge in [-0.05, 0) is 25.1 Å². The predicted octanol–water partition coefficient (Wildman–Crippen LogP) is 3.01. The lowest BCUT2D eigenvalue weighted by molar-refractivity contribution is 0.428. The number of anilines is 1. The fourth-order valence-electron chi connectivity index (χ4n) is 1.69. The Balaban J connectivity index is 1.95. The van der Waals surface area contributed by atoms with Crippen LogP contribution in [0.3, 0.4) is 0 Å². The molecular weight excluding hydrogens is 264 g/mol. The summed E-state index contributed by atoms with van der Waals surface area (Å²) in [4.78, 5) is 0. The van der Waals surface area contributed by atoms with E-state index in [9.17, 15) is 0 Å². The molecule has 0 saturated carbocycles. The zero-order valence-electron chi connectivity index (χ0n) is 11.0. The van der Waals surface area contributed by atoms with Crippen molar-refractivity contribution in [1.29, 1.82) is 0 Å². The summed E-state index contributed by atoms with van der Waals surface area (Å²) in [6, 6.07) is 8.09. The molecule has 1 aromatic carbocycles. The fraction of sp³-hybridized carbons (Fsp3) is 0.385. The Morgan fingerprint density at radius 1 is 1.32 bits per heavy atom. The van der Waals surface area contributed by atoms with Crippen molar-refractivity contribution in [1.82, 2.24) is 15.5 Å². The van der Waals surface area contributed by atoms with Crippen LogP contribution in [0.4, 0.5) is 6.01 Å². The Kier molecular flexibility index (Phi) is 4.76. The van der Waals surface area contributed by atoms with Crippen LogP contribution in [0.5, 0.6) is 0 Å². The summed E-state index contributed by atoms with van der Waals surface area (Å²) in [6.45, 7) is 5.42. The maximum Gasteiger partial charge on any atom is 0.315 e. The van der Waals surface area contributed by atoms with Crippen molar-refractivity contribution in [2.75, 3.05) is 11.9 Å². The second-order valence-corrected chi connectivity index (χ2v) is 4.58. The van der Waals surface area contributed by atoms with Gasteiger partial charge in [0.15, 0.2) is 0 Å². The van der Waals surface area contributed by atoms with Gasteiger partial charge in [-0.15, -0.1) is 5.10 Å². The van der Waals surface area contributed by atoms with Crippen LogP contribution in [0.1, 0.15) is 31.3 Å². The number of halogens is 1. The molecule has 0 aliphatic heterocycles. The summed E-state index contributed by atoms with van der Waals surface area (Å²) in [5, 5.41) is 14.9. The van der Waals surface area contributed by atoms with Crippen molar-refractivity contribution in [2.24, 2.45) is 0 Å². The SMILES string of the molecule is CCNC(C)c1nnc(NCc2ccccc2Cl)o1. The van der Waals surface area contributed by atoms with E-state index in [1.807, 2.05) is 38.1 Å². The van der Waals surface area contributed by atoms with Gasteiger partial charge in [0.2, 0.25) is 5.89 Å². The number of hydrogen-bond donors (Lipinski definition) is 2. The highest BCUT2D eigenvalue weighted by molar-refractivity contribution is 6.31. The number of nitrogens with zero attached hydrogens (tertiary/aromatic N) is 2. The van der Waals surface area contributed by atoms with Crippen molar-refractivity contribution < 1.29 is 4.42 Å². The smallest absolute Gasteiger partial charge is 0.315 e. The average Bonchev–Trinajstić information content (AvgIpc) is 2.87.